The molecular weight excluding hydrogens is 198 g/mol. The SMILES string of the molecule is NC1CCc2c(-c3cnccn3)cccc21. The largest absolute Gasteiger partial charge is 0.324 e. The molecule has 0 saturated heterocycles. The van der Waals surface area contributed by atoms with Gasteiger partial charge in [-0.2, -0.15) is 0 Å². The van der Waals surface area contributed by atoms with Crippen LogP contribution in [0, 0.1) is 0 Å². The fourth-order valence-electron chi connectivity index (χ4n) is 2.36. The Labute approximate surface area is 94.4 Å². The smallest absolute Gasteiger partial charge is 0.0888 e. The predicted octanol–water partition coefficient (Wildman–Crippen LogP) is 2.09. The maximum absolute atomic E-state index is 6.06. The van der Waals surface area contributed by atoms with Crippen molar-refractivity contribution in [2.24, 2.45) is 5.73 Å². The lowest BCUT2D eigenvalue weighted by Crippen LogP contribution is -2.05. The second kappa shape index (κ2) is 3.68. The van der Waals surface area contributed by atoms with Crippen LogP contribution >= 0.6 is 0 Å². The van der Waals surface area contributed by atoms with Crippen molar-refractivity contribution in [1.82, 2.24) is 9.97 Å². The van der Waals surface area contributed by atoms with Crippen molar-refractivity contribution in [3.63, 3.8) is 0 Å². The van der Waals surface area contributed by atoms with E-state index in [1.807, 2.05) is 6.07 Å². The summed E-state index contributed by atoms with van der Waals surface area (Å²) in [6.45, 7) is 0. The average molecular weight is 211 g/mol. The van der Waals surface area contributed by atoms with Gasteiger partial charge in [-0.25, -0.2) is 0 Å². The van der Waals surface area contributed by atoms with E-state index >= 15 is 0 Å². The molecule has 2 N–H and O–H groups in total. The Morgan fingerprint density at radius 2 is 2.19 bits per heavy atom. The van der Waals surface area contributed by atoms with E-state index < -0.39 is 0 Å². The summed E-state index contributed by atoms with van der Waals surface area (Å²) in [4.78, 5) is 8.46. The first-order chi connectivity index (χ1) is 7.86. The lowest BCUT2D eigenvalue weighted by molar-refractivity contribution is 0.713. The molecule has 0 amide bonds. The highest BCUT2D eigenvalue weighted by Gasteiger charge is 2.21. The fraction of sp³-hybridized carbons (Fsp3) is 0.231. The summed E-state index contributed by atoms with van der Waals surface area (Å²) in [5, 5.41) is 0. The van der Waals surface area contributed by atoms with Crippen LogP contribution in [-0.2, 0) is 6.42 Å². The van der Waals surface area contributed by atoms with Gasteiger partial charge in [0, 0.05) is 24.0 Å². The summed E-state index contributed by atoms with van der Waals surface area (Å²) in [6.07, 6.45) is 7.30. The molecule has 16 heavy (non-hydrogen) atoms. The Bertz CT molecular complexity index is 508. The summed E-state index contributed by atoms with van der Waals surface area (Å²) >= 11 is 0. The minimum absolute atomic E-state index is 0.187. The van der Waals surface area contributed by atoms with Gasteiger partial charge in [0.15, 0.2) is 0 Å². The molecule has 2 aromatic rings. The number of aromatic nitrogens is 2. The van der Waals surface area contributed by atoms with Gasteiger partial charge < -0.3 is 5.73 Å². The molecule has 0 bridgehead atoms. The third-order valence-electron chi connectivity index (χ3n) is 3.16. The molecule has 1 unspecified atom stereocenters. The second-order valence-corrected chi connectivity index (χ2v) is 4.11. The highest BCUT2D eigenvalue weighted by atomic mass is 14.8. The Kier molecular flexibility index (Phi) is 2.18. The van der Waals surface area contributed by atoms with Crippen molar-refractivity contribution in [3.05, 3.63) is 47.9 Å². The van der Waals surface area contributed by atoms with Gasteiger partial charge in [0.1, 0.15) is 0 Å². The number of hydrogen-bond donors (Lipinski definition) is 1. The van der Waals surface area contributed by atoms with E-state index in [2.05, 4.69) is 22.1 Å². The molecule has 0 radical (unpaired) electrons. The minimum atomic E-state index is 0.187. The summed E-state index contributed by atoms with van der Waals surface area (Å²) < 4.78 is 0. The zero-order chi connectivity index (χ0) is 11.0. The molecule has 1 atom stereocenters. The normalized spacial score (nSPS) is 18.4. The van der Waals surface area contributed by atoms with Crippen molar-refractivity contribution < 1.29 is 0 Å². The lowest BCUT2D eigenvalue weighted by Gasteiger charge is -2.08. The van der Waals surface area contributed by atoms with E-state index in [1.165, 1.54) is 16.7 Å². The van der Waals surface area contributed by atoms with Crippen molar-refractivity contribution in [2.75, 3.05) is 0 Å². The highest BCUT2D eigenvalue weighted by molar-refractivity contribution is 5.66. The maximum Gasteiger partial charge on any atom is 0.0888 e. The third-order valence-corrected chi connectivity index (χ3v) is 3.16. The Balaban J connectivity index is 2.17. The molecule has 3 nitrogen and oxygen atoms in total. The average Bonchev–Trinajstić information content (AvgIpc) is 2.73. The van der Waals surface area contributed by atoms with Crippen molar-refractivity contribution in [1.29, 1.82) is 0 Å². The number of nitrogens with zero attached hydrogens (tertiary/aromatic N) is 2. The first kappa shape index (κ1) is 9.48. The Hall–Kier alpha value is -1.74. The van der Waals surface area contributed by atoms with E-state index in [4.69, 9.17) is 5.73 Å². The maximum atomic E-state index is 6.06. The predicted molar refractivity (Wildman–Crippen MR) is 62.7 cm³/mol. The molecule has 1 aliphatic carbocycles. The van der Waals surface area contributed by atoms with Gasteiger partial charge >= 0.3 is 0 Å². The van der Waals surface area contributed by atoms with Crippen molar-refractivity contribution in [3.8, 4) is 11.3 Å². The van der Waals surface area contributed by atoms with Gasteiger partial charge in [-0.1, -0.05) is 18.2 Å². The van der Waals surface area contributed by atoms with Crippen LogP contribution in [-0.4, -0.2) is 9.97 Å². The zero-order valence-electron chi connectivity index (χ0n) is 8.93. The molecule has 3 heteroatoms. The van der Waals surface area contributed by atoms with Gasteiger partial charge in [0.05, 0.1) is 11.9 Å². The number of nitrogens with two attached hydrogens (primary N) is 1. The third kappa shape index (κ3) is 1.41. The molecule has 1 heterocycles. The molecule has 3 rings (SSSR count). The van der Waals surface area contributed by atoms with Crippen molar-refractivity contribution in [2.45, 2.75) is 18.9 Å². The van der Waals surface area contributed by atoms with Crippen LogP contribution in [0.15, 0.2) is 36.8 Å². The van der Waals surface area contributed by atoms with E-state index in [9.17, 15) is 0 Å². The lowest BCUT2D eigenvalue weighted by atomic mass is 10.0. The molecule has 1 aliphatic rings. The van der Waals surface area contributed by atoms with Crippen LogP contribution in [0.2, 0.25) is 0 Å². The van der Waals surface area contributed by atoms with Gasteiger partial charge in [0.2, 0.25) is 0 Å². The summed E-state index contributed by atoms with van der Waals surface area (Å²) in [7, 11) is 0. The molecule has 0 spiro atoms. The topological polar surface area (TPSA) is 51.8 Å². The monoisotopic (exact) mass is 211 g/mol. The molecule has 1 aromatic heterocycles. The molecular formula is C13H13N3. The van der Waals surface area contributed by atoms with E-state index in [-0.39, 0.29) is 6.04 Å². The second-order valence-electron chi connectivity index (χ2n) is 4.11. The number of rotatable bonds is 1. The Morgan fingerprint density at radius 1 is 1.25 bits per heavy atom. The summed E-state index contributed by atoms with van der Waals surface area (Å²) in [6, 6.07) is 6.45. The zero-order valence-corrected chi connectivity index (χ0v) is 8.93. The molecule has 0 fully saturated rings. The molecule has 0 saturated carbocycles. The quantitative estimate of drug-likeness (QED) is 0.785. The van der Waals surface area contributed by atoms with Crippen LogP contribution in [0.3, 0.4) is 0 Å². The van der Waals surface area contributed by atoms with Crippen LogP contribution in [0.25, 0.3) is 11.3 Å². The fourth-order valence-corrected chi connectivity index (χ4v) is 2.36. The minimum Gasteiger partial charge on any atom is -0.324 e. The van der Waals surface area contributed by atoms with Crippen LogP contribution in [0.1, 0.15) is 23.6 Å². The van der Waals surface area contributed by atoms with Crippen LogP contribution < -0.4 is 5.73 Å². The van der Waals surface area contributed by atoms with Crippen LogP contribution in [0.4, 0.5) is 0 Å². The summed E-state index contributed by atoms with van der Waals surface area (Å²) in [5.41, 5.74) is 10.8. The standard InChI is InChI=1S/C13H13N3/c14-12-5-4-9-10(12)2-1-3-11(9)13-8-15-6-7-16-13/h1-3,6-8,12H,4-5,14H2. The van der Waals surface area contributed by atoms with Crippen LogP contribution in [0.5, 0.6) is 0 Å². The van der Waals surface area contributed by atoms with E-state index in [1.54, 1.807) is 18.6 Å². The van der Waals surface area contributed by atoms with Crippen molar-refractivity contribution >= 4 is 0 Å². The molecule has 0 aliphatic heterocycles. The number of benzene rings is 1. The van der Waals surface area contributed by atoms with Gasteiger partial charge in [-0.15, -0.1) is 0 Å². The molecule has 80 valence electrons. The summed E-state index contributed by atoms with van der Waals surface area (Å²) in [5.74, 6) is 0. The number of fused-ring (bicyclic) bond motifs is 1. The van der Waals surface area contributed by atoms with Gasteiger partial charge in [-0.05, 0) is 24.0 Å². The van der Waals surface area contributed by atoms with E-state index in [0.29, 0.717) is 0 Å². The molecule has 1 aromatic carbocycles. The first-order valence-electron chi connectivity index (χ1n) is 5.50. The van der Waals surface area contributed by atoms with E-state index in [0.717, 1.165) is 18.5 Å². The Morgan fingerprint density at radius 3 is 3.00 bits per heavy atom. The highest BCUT2D eigenvalue weighted by Crippen LogP contribution is 2.35. The van der Waals surface area contributed by atoms with Gasteiger partial charge in [0.25, 0.3) is 0 Å². The number of hydrogen-bond acceptors (Lipinski definition) is 3. The first-order valence-corrected chi connectivity index (χ1v) is 5.50. The van der Waals surface area contributed by atoms with Gasteiger partial charge in [-0.3, -0.25) is 9.97 Å².